The van der Waals surface area contributed by atoms with Crippen LogP contribution in [0.15, 0.2) is 12.1 Å². The van der Waals surface area contributed by atoms with Crippen molar-refractivity contribution in [3.05, 3.63) is 21.9 Å². The van der Waals surface area contributed by atoms with Gasteiger partial charge in [0.05, 0.1) is 6.54 Å². The molecule has 1 aromatic heterocycles. The van der Waals surface area contributed by atoms with Crippen molar-refractivity contribution in [2.24, 2.45) is 5.73 Å². The van der Waals surface area contributed by atoms with Crippen molar-refractivity contribution in [2.75, 3.05) is 6.54 Å². The molecule has 2 rings (SSSR count). The molecule has 1 heterocycles. The van der Waals surface area contributed by atoms with E-state index in [1.54, 1.807) is 0 Å². The van der Waals surface area contributed by atoms with Crippen molar-refractivity contribution < 1.29 is 13.2 Å². The second-order valence-electron chi connectivity index (χ2n) is 4.32. The van der Waals surface area contributed by atoms with Gasteiger partial charge in [0, 0.05) is 28.9 Å². The Kier molecular flexibility index (Phi) is 3.75. The molecule has 0 aromatic carbocycles. The van der Waals surface area contributed by atoms with Crippen LogP contribution >= 0.6 is 11.3 Å². The van der Waals surface area contributed by atoms with E-state index in [0.29, 0.717) is 13.1 Å². The first-order valence-electron chi connectivity index (χ1n) is 5.56. The molecule has 2 nitrogen and oxygen atoms in total. The molecular weight excluding hydrogens is 249 g/mol. The second-order valence-corrected chi connectivity index (χ2v) is 5.58. The Hall–Kier alpha value is -0.590. The second kappa shape index (κ2) is 4.96. The number of alkyl halides is 3. The number of hydrogen-bond acceptors (Lipinski definition) is 3. The molecule has 2 N–H and O–H groups in total. The highest BCUT2D eigenvalue weighted by Gasteiger charge is 2.37. The van der Waals surface area contributed by atoms with Gasteiger partial charge < -0.3 is 5.73 Å². The van der Waals surface area contributed by atoms with Crippen molar-refractivity contribution in [2.45, 2.75) is 38.1 Å². The minimum atomic E-state index is -4.11. The maximum Gasteiger partial charge on any atom is 0.401 e. The fourth-order valence-corrected chi connectivity index (χ4v) is 2.72. The number of thiophene rings is 1. The van der Waals surface area contributed by atoms with Gasteiger partial charge in [-0.15, -0.1) is 11.3 Å². The summed E-state index contributed by atoms with van der Waals surface area (Å²) in [5, 5.41) is 0. The van der Waals surface area contributed by atoms with Crippen LogP contribution in [0.1, 0.15) is 22.6 Å². The maximum absolute atomic E-state index is 12.4. The average molecular weight is 264 g/mol. The largest absolute Gasteiger partial charge is 0.401 e. The summed E-state index contributed by atoms with van der Waals surface area (Å²) in [6, 6.07) is 3.87. The first-order chi connectivity index (χ1) is 7.98. The first kappa shape index (κ1) is 12.9. The molecule has 6 heteroatoms. The molecule has 1 aliphatic carbocycles. The summed E-state index contributed by atoms with van der Waals surface area (Å²) in [5.74, 6) is 0. The Morgan fingerprint density at radius 1 is 1.29 bits per heavy atom. The molecule has 1 saturated carbocycles. The molecule has 0 saturated heterocycles. The molecule has 0 unspecified atom stereocenters. The quantitative estimate of drug-likeness (QED) is 0.886. The highest BCUT2D eigenvalue weighted by Crippen LogP contribution is 2.32. The Labute approximate surface area is 102 Å². The SMILES string of the molecule is NCc1ccc(CN(CC(F)(F)F)C2CC2)s1. The predicted molar refractivity (Wildman–Crippen MR) is 61.7 cm³/mol. The lowest BCUT2D eigenvalue weighted by atomic mass is 10.3. The smallest absolute Gasteiger partial charge is 0.326 e. The Morgan fingerprint density at radius 3 is 2.41 bits per heavy atom. The third kappa shape index (κ3) is 3.97. The molecule has 1 aromatic rings. The standard InChI is InChI=1S/C11H15F3N2S/c12-11(13,14)7-16(8-1-2-8)6-10-4-3-9(5-15)17-10/h3-4,8H,1-2,5-7,15H2. The highest BCUT2D eigenvalue weighted by atomic mass is 32.1. The zero-order valence-corrected chi connectivity index (χ0v) is 10.2. The van der Waals surface area contributed by atoms with Gasteiger partial charge in [0.15, 0.2) is 0 Å². The van der Waals surface area contributed by atoms with E-state index >= 15 is 0 Å². The number of rotatable bonds is 5. The minimum absolute atomic E-state index is 0.111. The molecule has 0 radical (unpaired) electrons. The van der Waals surface area contributed by atoms with Crippen molar-refractivity contribution in [1.29, 1.82) is 0 Å². The zero-order chi connectivity index (χ0) is 12.5. The van der Waals surface area contributed by atoms with E-state index in [4.69, 9.17) is 5.73 Å². The van der Waals surface area contributed by atoms with Gasteiger partial charge in [0.2, 0.25) is 0 Å². The lowest BCUT2D eigenvalue weighted by Crippen LogP contribution is -2.35. The van der Waals surface area contributed by atoms with Gasteiger partial charge in [-0.2, -0.15) is 13.2 Å². The Bertz CT molecular complexity index is 371. The molecule has 0 atom stereocenters. The van der Waals surface area contributed by atoms with E-state index in [0.717, 1.165) is 22.6 Å². The molecule has 17 heavy (non-hydrogen) atoms. The summed E-state index contributed by atoms with van der Waals surface area (Å²) < 4.78 is 37.2. The molecule has 0 amide bonds. The van der Waals surface area contributed by atoms with E-state index in [-0.39, 0.29) is 6.04 Å². The summed E-state index contributed by atoms with van der Waals surface area (Å²) in [7, 11) is 0. The van der Waals surface area contributed by atoms with Crippen molar-refractivity contribution >= 4 is 11.3 Å². The fourth-order valence-electron chi connectivity index (χ4n) is 1.80. The Morgan fingerprint density at radius 2 is 1.94 bits per heavy atom. The maximum atomic E-state index is 12.4. The van der Waals surface area contributed by atoms with Crippen LogP contribution in [-0.2, 0) is 13.1 Å². The Balaban J connectivity index is 1.97. The summed E-state index contributed by atoms with van der Waals surface area (Å²) in [5.41, 5.74) is 5.48. The highest BCUT2D eigenvalue weighted by molar-refractivity contribution is 7.11. The van der Waals surface area contributed by atoms with Crippen LogP contribution in [-0.4, -0.2) is 23.7 Å². The molecule has 1 fully saturated rings. The van der Waals surface area contributed by atoms with E-state index in [9.17, 15) is 13.2 Å². The van der Waals surface area contributed by atoms with Gasteiger partial charge >= 0.3 is 6.18 Å². The zero-order valence-electron chi connectivity index (χ0n) is 9.33. The number of nitrogens with zero attached hydrogens (tertiary/aromatic N) is 1. The number of halogens is 3. The van der Waals surface area contributed by atoms with E-state index in [2.05, 4.69) is 0 Å². The van der Waals surface area contributed by atoms with Crippen LogP contribution in [0.5, 0.6) is 0 Å². The first-order valence-corrected chi connectivity index (χ1v) is 6.38. The van der Waals surface area contributed by atoms with Crippen LogP contribution in [0.3, 0.4) is 0 Å². The normalized spacial score (nSPS) is 16.8. The van der Waals surface area contributed by atoms with Crippen molar-refractivity contribution in [3.63, 3.8) is 0 Å². The van der Waals surface area contributed by atoms with Crippen LogP contribution in [0.25, 0.3) is 0 Å². The summed E-state index contributed by atoms with van der Waals surface area (Å²) in [6.45, 7) is 0.0235. The van der Waals surface area contributed by atoms with Crippen LogP contribution in [0.2, 0.25) is 0 Å². The van der Waals surface area contributed by atoms with Crippen molar-refractivity contribution in [1.82, 2.24) is 4.90 Å². The van der Waals surface area contributed by atoms with Crippen molar-refractivity contribution in [3.8, 4) is 0 Å². The topological polar surface area (TPSA) is 29.3 Å². The molecule has 0 bridgehead atoms. The average Bonchev–Trinajstić information content (AvgIpc) is 2.97. The summed E-state index contributed by atoms with van der Waals surface area (Å²) >= 11 is 1.50. The van der Waals surface area contributed by atoms with Gasteiger partial charge in [0.1, 0.15) is 0 Å². The number of hydrogen-bond donors (Lipinski definition) is 1. The van der Waals surface area contributed by atoms with Gasteiger partial charge in [-0.3, -0.25) is 4.90 Å². The monoisotopic (exact) mass is 264 g/mol. The third-order valence-electron chi connectivity index (χ3n) is 2.72. The molecule has 96 valence electrons. The van der Waals surface area contributed by atoms with Gasteiger partial charge in [-0.05, 0) is 25.0 Å². The van der Waals surface area contributed by atoms with Crippen LogP contribution in [0, 0.1) is 0 Å². The number of nitrogens with two attached hydrogens (primary N) is 1. The third-order valence-corrected chi connectivity index (χ3v) is 3.82. The van der Waals surface area contributed by atoms with Gasteiger partial charge in [0.25, 0.3) is 0 Å². The molecule has 1 aliphatic rings. The van der Waals surface area contributed by atoms with E-state index in [1.165, 1.54) is 16.2 Å². The van der Waals surface area contributed by atoms with E-state index in [1.807, 2.05) is 12.1 Å². The summed E-state index contributed by atoms with van der Waals surface area (Å²) in [4.78, 5) is 3.50. The molecule has 0 aliphatic heterocycles. The predicted octanol–water partition coefficient (Wildman–Crippen LogP) is 2.73. The molecule has 0 spiro atoms. The van der Waals surface area contributed by atoms with Gasteiger partial charge in [-0.1, -0.05) is 0 Å². The van der Waals surface area contributed by atoms with Crippen LogP contribution in [0.4, 0.5) is 13.2 Å². The van der Waals surface area contributed by atoms with Crippen LogP contribution < -0.4 is 5.73 Å². The summed E-state index contributed by atoms with van der Waals surface area (Å²) in [6.07, 6.45) is -2.35. The molecular formula is C11H15F3N2S. The van der Waals surface area contributed by atoms with Gasteiger partial charge in [-0.25, -0.2) is 0 Å². The lowest BCUT2D eigenvalue weighted by molar-refractivity contribution is -0.148. The van der Waals surface area contributed by atoms with E-state index < -0.39 is 12.7 Å². The minimum Gasteiger partial charge on any atom is -0.326 e. The fraction of sp³-hybridized carbons (Fsp3) is 0.636. The lowest BCUT2D eigenvalue weighted by Gasteiger charge is -2.22.